The van der Waals surface area contributed by atoms with Crippen molar-refractivity contribution in [2.45, 2.75) is 12.8 Å². The highest BCUT2D eigenvalue weighted by atomic mass is 19.2. The van der Waals surface area contributed by atoms with Gasteiger partial charge >= 0.3 is 0 Å². The van der Waals surface area contributed by atoms with Gasteiger partial charge in [-0.25, -0.2) is 5.54 Å². The second-order valence-corrected chi connectivity index (χ2v) is 5.53. The molecule has 0 unspecified atom stereocenters. The summed E-state index contributed by atoms with van der Waals surface area (Å²) in [4.78, 5) is 4.34. The SMILES string of the molecule is COc1cc(CCc2ccccn2)ccc1Oc1ccc(NF)cc1. The number of hydrogen-bond acceptors (Lipinski definition) is 4. The minimum Gasteiger partial charge on any atom is -0.493 e. The van der Waals surface area contributed by atoms with Crippen LogP contribution in [0, 0.1) is 0 Å². The third kappa shape index (κ3) is 4.47. The van der Waals surface area contributed by atoms with Gasteiger partial charge in [0.05, 0.1) is 12.8 Å². The Bertz CT molecular complexity index is 808. The van der Waals surface area contributed by atoms with Crippen LogP contribution in [-0.4, -0.2) is 12.1 Å². The third-order valence-corrected chi connectivity index (χ3v) is 3.82. The fourth-order valence-corrected chi connectivity index (χ4v) is 2.48. The molecule has 0 radical (unpaired) electrons. The molecule has 0 saturated heterocycles. The number of halogens is 1. The molecule has 3 aromatic rings. The second-order valence-electron chi connectivity index (χ2n) is 5.53. The molecule has 0 aliphatic heterocycles. The standard InChI is InChI=1S/C20H19FN2O2/c1-24-20-14-15(5-7-16-4-2-3-13-22-16)6-12-19(20)25-18-10-8-17(23-21)9-11-18/h2-4,6,8-14,23H,5,7H2,1H3. The molecule has 1 aromatic heterocycles. The first-order valence-electron chi connectivity index (χ1n) is 8.00. The number of pyridine rings is 1. The summed E-state index contributed by atoms with van der Waals surface area (Å²) in [6.45, 7) is 0. The number of nitrogens with one attached hydrogen (secondary N) is 1. The van der Waals surface area contributed by atoms with Gasteiger partial charge in [0, 0.05) is 11.9 Å². The molecule has 1 N–H and O–H groups in total. The van der Waals surface area contributed by atoms with Crippen molar-refractivity contribution in [2.75, 3.05) is 12.6 Å². The molecule has 128 valence electrons. The molecule has 3 rings (SSSR count). The topological polar surface area (TPSA) is 43.4 Å². The second kappa shape index (κ2) is 8.15. The molecule has 0 saturated carbocycles. The molecule has 0 bridgehead atoms. The van der Waals surface area contributed by atoms with Crippen molar-refractivity contribution in [1.29, 1.82) is 0 Å². The molecule has 4 nitrogen and oxygen atoms in total. The van der Waals surface area contributed by atoms with E-state index in [4.69, 9.17) is 9.47 Å². The maximum atomic E-state index is 12.3. The molecule has 2 aromatic carbocycles. The lowest BCUT2D eigenvalue weighted by Gasteiger charge is -2.12. The number of aromatic nitrogens is 1. The van der Waals surface area contributed by atoms with Crippen LogP contribution in [0.2, 0.25) is 0 Å². The summed E-state index contributed by atoms with van der Waals surface area (Å²) < 4.78 is 23.6. The van der Waals surface area contributed by atoms with E-state index in [2.05, 4.69) is 4.98 Å². The monoisotopic (exact) mass is 338 g/mol. The Morgan fingerprint density at radius 2 is 1.80 bits per heavy atom. The van der Waals surface area contributed by atoms with Gasteiger partial charge in [-0.2, -0.15) is 0 Å². The van der Waals surface area contributed by atoms with Crippen LogP contribution in [-0.2, 0) is 12.8 Å². The number of methoxy groups -OCH3 is 1. The minimum absolute atomic E-state index is 0.379. The predicted molar refractivity (Wildman–Crippen MR) is 95.9 cm³/mol. The molecule has 1 heterocycles. The molecular formula is C20H19FN2O2. The number of benzene rings is 2. The highest BCUT2D eigenvalue weighted by Gasteiger charge is 2.08. The van der Waals surface area contributed by atoms with Gasteiger partial charge in [0.15, 0.2) is 11.5 Å². The first-order chi connectivity index (χ1) is 12.3. The molecule has 0 aliphatic carbocycles. The zero-order valence-corrected chi connectivity index (χ0v) is 13.9. The lowest BCUT2D eigenvalue weighted by molar-refractivity contribution is 0.378. The van der Waals surface area contributed by atoms with Gasteiger partial charge in [0.1, 0.15) is 5.75 Å². The maximum Gasteiger partial charge on any atom is 0.169 e. The van der Waals surface area contributed by atoms with E-state index >= 15 is 0 Å². The Morgan fingerprint density at radius 1 is 0.960 bits per heavy atom. The lowest BCUT2D eigenvalue weighted by Crippen LogP contribution is -1.96. The highest BCUT2D eigenvalue weighted by Crippen LogP contribution is 2.33. The Morgan fingerprint density at radius 3 is 2.48 bits per heavy atom. The van der Waals surface area contributed by atoms with E-state index in [9.17, 15) is 4.48 Å². The molecule has 0 spiro atoms. The van der Waals surface area contributed by atoms with E-state index in [0.717, 1.165) is 24.1 Å². The summed E-state index contributed by atoms with van der Waals surface area (Å²) >= 11 is 0. The van der Waals surface area contributed by atoms with Crippen molar-refractivity contribution >= 4 is 5.69 Å². The summed E-state index contributed by atoms with van der Waals surface area (Å²) in [7, 11) is 1.61. The van der Waals surface area contributed by atoms with Crippen LogP contribution in [0.4, 0.5) is 10.2 Å². The fraction of sp³-hybridized carbons (Fsp3) is 0.150. The van der Waals surface area contributed by atoms with E-state index in [0.29, 0.717) is 22.9 Å². The summed E-state index contributed by atoms with van der Waals surface area (Å²) in [6, 6.07) is 18.4. The van der Waals surface area contributed by atoms with E-state index in [1.165, 1.54) is 0 Å². The van der Waals surface area contributed by atoms with Crippen LogP contribution in [0.3, 0.4) is 0 Å². The van der Waals surface area contributed by atoms with Crippen LogP contribution in [0.1, 0.15) is 11.3 Å². The van der Waals surface area contributed by atoms with E-state index in [-0.39, 0.29) is 0 Å². The van der Waals surface area contributed by atoms with Gasteiger partial charge in [0.25, 0.3) is 0 Å². The van der Waals surface area contributed by atoms with Crippen LogP contribution in [0.15, 0.2) is 66.9 Å². The van der Waals surface area contributed by atoms with E-state index < -0.39 is 0 Å². The summed E-state index contributed by atoms with van der Waals surface area (Å²) in [5, 5.41) is 0. The lowest BCUT2D eigenvalue weighted by atomic mass is 10.1. The van der Waals surface area contributed by atoms with Gasteiger partial charge < -0.3 is 9.47 Å². The number of aryl methyl sites for hydroxylation is 2. The van der Waals surface area contributed by atoms with Crippen LogP contribution in [0.25, 0.3) is 0 Å². The molecule has 0 aliphatic rings. The molecule has 0 fully saturated rings. The highest BCUT2D eigenvalue weighted by molar-refractivity contribution is 5.48. The van der Waals surface area contributed by atoms with Gasteiger partial charge in [-0.1, -0.05) is 12.1 Å². The predicted octanol–water partition coefficient (Wildman–Crippen LogP) is 4.96. The number of anilines is 1. The van der Waals surface area contributed by atoms with Crippen LogP contribution in [0.5, 0.6) is 17.2 Å². The number of ether oxygens (including phenoxy) is 2. The van der Waals surface area contributed by atoms with Gasteiger partial charge in [-0.05, 0) is 66.9 Å². The average molecular weight is 338 g/mol. The van der Waals surface area contributed by atoms with Crippen molar-refractivity contribution in [2.24, 2.45) is 0 Å². The number of rotatable bonds is 7. The largest absolute Gasteiger partial charge is 0.493 e. The Balaban J connectivity index is 1.70. The first kappa shape index (κ1) is 16.8. The Kier molecular flexibility index (Phi) is 5.46. The van der Waals surface area contributed by atoms with E-state index in [1.807, 2.05) is 36.4 Å². The van der Waals surface area contributed by atoms with Crippen molar-refractivity contribution in [3.05, 3.63) is 78.1 Å². The molecule has 5 heteroatoms. The molecular weight excluding hydrogens is 319 g/mol. The number of hydrogen-bond donors (Lipinski definition) is 1. The van der Waals surface area contributed by atoms with Crippen LogP contribution < -0.4 is 15.0 Å². The molecule has 0 atom stereocenters. The third-order valence-electron chi connectivity index (χ3n) is 3.82. The summed E-state index contributed by atoms with van der Waals surface area (Å²) in [6.07, 6.45) is 3.53. The Hall–Kier alpha value is -3.08. The summed E-state index contributed by atoms with van der Waals surface area (Å²) in [5.41, 5.74) is 4.17. The summed E-state index contributed by atoms with van der Waals surface area (Å²) in [5.74, 6) is 1.88. The molecule has 0 amide bonds. The normalized spacial score (nSPS) is 10.3. The maximum absolute atomic E-state index is 12.3. The van der Waals surface area contributed by atoms with Crippen molar-refractivity contribution in [3.63, 3.8) is 0 Å². The van der Waals surface area contributed by atoms with Crippen molar-refractivity contribution < 1.29 is 14.0 Å². The van der Waals surface area contributed by atoms with E-state index in [1.54, 1.807) is 43.1 Å². The Labute approximate surface area is 146 Å². The zero-order valence-electron chi connectivity index (χ0n) is 13.9. The smallest absolute Gasteiger partial charge is 0.169 e. The first-order valence-corrected chi connectivity index (χ1v) is 8.00. The molecule has 25 heavy (non-hydrogen) atoms. The van der Waals surface area contributed by atoms with Gasteiger partial charge in [-0.3, -0.25) is 4.98 Å². The quantitative estimate of drug-likeness (QED) is 0.618. The zero-order chi connectivity index (χ0) is 17.5. The fourth-order valence-electron chi connectivity index (χ4n) is 2.48. The van der Waals surface area contributed by atoms with Crippen LogP contribution >= 0.6 is 0 Å². The van der Waals surface area contributed by atoms with Crippen molar-refractivity contribution in [1.82, 2.24) is 4.98 Å². The minimum atomic E-state index is 0.379. The number of nitrogens with zero attached hydrogens (tertiary/aromatic N) is 1. The van der Waals surface area contributed by atoms with Gasteiger partial charge in [0.2, 0.25) is 0 Å². The van der Waals surface area contributed by atoms with Gasteiger partial charge in [-0.15, -0.1) is 4.48 Å². The van der Waals surface area contributed by atoms with Crippen molar-refractivity contribution in [3.8, 4) is 17.2 Å². The average Bonchev–Trinajstić information content (AvgIpc) is 2.68.